The molecule has 0 aromatic carbocycles. The minimum absolute atomic E-state index is 0.151. The molecule has 0 saturated heterocycles. The number of hydrogen-bond donors (Lipinski definition) is 1. The van der Waals surface area contributed by atoms with Crippen molar-refractivity contribution >= 4 is 35.1 Å². The van der Waals surface area contributed by atoms with E-state index in [9.17, 15) is 9.59 Å². The molecule has 1 aromatic heterocycles. The summed E-state index contributed by atoms with van der Waals surface area (Å²) in [6, 6.07) is 2.95. The quantitative estimate of drug-likeness (QED) is 0.421. The van der Waals surface area contributed by atoms with Gasteiger partial charge in [-0.3, -0.25) is 9.59 Å². The van der Waals surface area contributed by atoms with Crippen LogP contribution in [0.2, 0.25) is 10.3 Å². The summed E-state index contributed by atoms with van der Waals surface area (Å²) in [7, 11) is 0. The first-order chi connectivity index (χ1) is 10.5. The van der Waals surface area contributed by atoms with Gasteiger partial charge in [0.1, 0.15) is 10.3 Å². The predicted octanol–water partition coefficient (Wildman–Crippen LogP) is 3.63. The molecule has 1 amide bonds. The van der Waals surface area contributed by atoms with Gasteiger partial charge in [0.2, 0.25) is 0 Å². The highest BCUT2D eigenvalue weighted by molar-refractivity contribution is 6.33. The van der Waals surface area contributed by atoms with Gasteiger partial charge in [-0.15, -0.1) is 0 Å². The maximum absolute atomic E-state index is 11.9. The molecule has 22 heavy (non-hydrogen) atoms. The molecule has 1 heterocycles. The number of pyridine rings is 1. The molecule has 1 N–H and O–H groups in total. The van der Waals surface area contributed by atoms with E-state index in [0.717, 1.165) is 25.7 Å². The van der Waals surface area contributed by atoms with Gasteiger partial charge in [-0.1, -0.05) is 36.0 Å². The van der Waals surface area contributed by atoms with Gasteiger partial charge in [0.15, 0.2) is 0 Å². The third-order valence-electron chi connectivity index (χ3n) is 2.92. The van der Waals surface area contributed by atoms with E-state index in [-0.39, 0.29) is 22.2 Å². The summed E-state index contributed by atoms with van der Waals surface area (Å²) in [4.78, 5) is 26.8. The fourth-order valence-corrected chi connectivity index (χ4v) is 2.34. The molecule has 0 saturated carbocycles. The largest absolute Gasteiger partial charge is 0.466 e. The normalized spacial score (nSPS) is 10.3. The number of nitrogens with one attached hydrogen (secondary N) is 1. The lowest BCUT2D eigenvalue weighted by Gasteiger charge is -2.06. The third-order valence-corrected chi connectivity index (χ3v) is 3.31. The highest BCUT2D eigenvalue weighted by Crippen LogP contribution is 2.14. The van der Waals surface area contributed by atoms with Crippen LogP contribution in [0.1, 0.15) is 49.4 Å². The second-order valence-electron chi connectivity index (χ2n) is 4.73. The third kappa shape index (κ3) is 7.61. The van der Waals surface area contributed by atoms with Gasteiger partial charge in [0, 0.05) is 18.5 Å². The molecule has 1 aromatic rings. The van der Waals surface area contributed by atoms with Crippen molar-refractivity contribution in [1.29, 1.82) is 0 Å². The first kappa shape index (κ1) is 18.7. The fraction of sp³-hybridized carbons (Fsp3) is 0.533. The van der Waals surface area contributed by atoms with Gasteiger partial charge in [-0.05, 0) is 31.9 Å². The SMILES string of the molecule is CCOC(=O)CCCCCCNC(=O)c1cc(Cl)nc(Cl)c1. The number of halogens is 2. The molecule has 0 aliphatic carbocycles. The molecular weight excluding hydrogens is 327 g/mol. The first-order valence-electron chi connectivity index (χ1n) is 7.30. The summed E-state index contributed by atoms with van der Waals surface area (Å²) in [5, 5.41) is 3.18. The molecule has 0 unspecified atom stereocenters. The van der Waals surface area contributed by atoms with Crippen LogP contribution in [0.3, 0.4) is 0 Å². The molecule has 0 radical (unpaired) electrons. The van der Waals surface area contributed by atoms with Gasteiger partial charge < -0.3 is 10.1 Å². The number of hydrogen-bond acceptors (Lipinski definition) is 4. The molecular formula is C15H20Cl2N2O3. The molecule has 0 spiro atoms. The molecule has 0 atom stereocenters. The number of nitrogens with zero attached hydrogens (tertiary/aromatic N) is 1. The van der Waals surface area contributed by atoms with Crippen LogP contribution in [-0.2, 0) is 9.53 Å². The maximum Gasteiger partial charge on any atom is 0.305 e. The van der Waals surface area contributed by atoms with E-state index in [0.29, 0.717) is 25.1 Å². The Labute approximate surface area is 140 Å². The molecule has 0 aliphatic rings. The number of carbonyl (C=O) groups is 2. The van der Waals surface area contributed by atoms with Gasteiger partial charge in [-0.25, -0.2) is 4.98 Å². The van der Waals surface area contributed by atoms with Crippen molar-refractivity contribution in [3.8, 4) is 0 Å². The summed E-state index contributed by atoms with van der Waals surface area (Å²) in [5.41, 5.74) is 0.396. The van der Waals surface area contributed by atoms with Crippen LogP contribution in [0.15, 0.2) is 12.1 Å². The Bertz CT molecular complexity index is 489. The Morgan fingerprint density at radius 1 is 1.14 bits per heavy atom. The molecule has 0 aliphatic heterocycles. The Morgan fingerprint density at radius 3 is 2.41 bits per heavy atom. The minimum Gasteiger partial charge on any atom is -0.466 e. The number of esters is 1. The van der Waals surface area contributed by atoms with Crippen LogP contribution in [0, 0.1) is 0 Å². The lowest BCUT2D eigenvalue weighted by atomic mass is 10.1. The summed E-state index contributed by atoms with van der Waals surface area (Å²) in [5.74, 6) is -0.375. The Morgan fingerprint density at radius 2 is 1.77 bits per heavy atom. The van der Waals surface area contributed by atoms with E-state index < -0.39 is 0 Å². The van der Waals surface area contributed by atoms with Crippen molar-refractivity contribution < 1.29 is 14.3 Å². The number of aromatic nitrogens is 1. The molecule has 0 bridgehead atoms. The van der Waals surface area contributed by atoms with Crippen LogP contribution < -0.4 is 5.32 Å². The van der Waals surface area contributed by atoms with Crippen LogP contribution in [0.25, 0.3) is 0 Å². The Hall–Kier alpha value is -1.33. The van der Waals surface area contributed by atoms with Gasteiger partial charge >= 0.3 is 5.97 Å². The van der Waals surface area contributed by atoms with E-state index in [4.69, 9.17) is 27.9 Å². The summed E-state index contributed by atoms with van der Waals surface area (Å²) in [6.07, 6.45) is 3.98. The lowest BCUT2D eigenvalue weighted by molar-refractivity contribution is -0.143. The monoisotopic (exact) mass is 346 g/mol. The Balaban J connectivity index is 2.14. The zero-order chi connectivity index (χ0) is 16.4. The topological polar surface area (TPSA) is 68.3 Å². The van der Waals surface area contributed by atoms with E-state index in [1.165, 1.54) is 12.1 Å². The van der Waals surface area contributed by atoms with E-state index >= 15 is 0 Å². The zero-order valence-corrected chi connectivity index (χ0v) is 14.0. The standard InChI is InChI=1S/C15H20Cl2N2O3/c1-2-22-14(20)7-5-3-4-6-8-18-15(21)11-9-12(16)19-13(17)10-11/h9-10H,2-8H2,1H3,(H,18,21). The first-order valence-corrected chi connectivity index (χ1v) is 8.05. The van der Waals surface area contributed by atoms with Crippen molar-refractivity contribution in [2.45, 2.75) is 39.0 Å². The number of carbonyl (C=O) groups excluding carboxylic acids is 2. The van der Waals surface area contributed by atoms with E-state index in [1.807, 2.05) is 0 Å². The summed E-state index contributed by atoms with van der Waals surface area (Å²) >= 11 is 11.5. The predicted molar refractivity (Wildman–Crippen MR) is 86.3 cm³/mol. The van der Waals surface area contributed by atoms with Crippen LogP contribution in [-0.4, -0.2) is 30.0 Å². The molecule has 7 heteroatoms. The van der Waals surface area contributed by atoms with Crippen molar-refractivity contribution in [3.63, 3.8) is 0 Å². The van der Waals surface area contributed by atoms with E-state index in [2.05, 4.69) is 10.3 Å². The lowest BCUT2D eigenvalue weighted by Crippen LogP contribution is -2.24. The second kappa shape index (κ2) is 10.4. The molecule has 122 valence electrons. The zero-order valence-electron chi connectivity index (χ0n) is 12.5. The molecule has 5 nitrogen and oxygen atoms in total. The van der Waals surface area contributed by atoms with Gasteiger partial charge in [0.05, 0.1) is 6.61 Å². The van der Waals surface area contributed by atoms with Crippen molar-refractivity contribution in [2.24, 2.45) is 0 Å². The minimum atomic E-state index is -0.224. The summed E-state index contributed by atoms with van der Waals surface area (Å²) in [6.45, 7) is 2.79. The van der Waals surface area contributed by atoms with Crippen molar-refractivity contribution in [2.75, 3.05) is 13.2 Å². The summed E-state index contributed by atoms with van der Waals surface area (Å²) < 4.78 is 4.85. The fourth-order valence-electron chi connectivity index (χ4n) is 1.88. The Kier molecular flexibility index (Phi) is 8.85. The van der Waals surface area contributed by atoms with Gasteiger partial charge in [-0.2, -0.15) is 0 Å². The molecule has 0 fully saturated rings. The van der Waals surface area contributed by atoms with Crippen LogP contribution in [0.5, 0.6) is 0 Å². The van der Waals surface area contributed by atoms with Crippen LogP contribution >= 0.6 is 23.2 Å². The number of rotatable bonds is 9. The van der Waals surface area contributed by atoms with E-state index in [1.54, 1.807) is 6.92 Å². The number of amides is 1. The highest BCUT2D eigenvalue weighted by Gasteiger charge is 2.08. The highest BCUT2D eigenvalue weighted by atomic mass is 35.5. The van der Waals surface area contributed by atoms with Crippen LogP contribution in [0.4, 0.5) is 0 Å². The molecule has 1 rings (SSSR count). The van der Waals surface area contributed by atoms with Crippen molar-refractivity contribution in [1.82, 2.24) is 10.3 Å². The average Bonchev–Trinajstić information content (AvgIpc) is 2.45. The number of unbranched alkanes of at least 4 members (excludes halogenated alkanes) is 3. The smallest absolute Gasteiger partial charge is 0.305 e. The maximum atomic E-state index is 11.9. The second-order valence-corrected chi connectivity index (χ2v) is 5.50. The van der Waals surface area contributed by atoms with Gasteiger partial charge in [0.25, 0.3) is 5.91 Å². The van der Waals surface area contributed by atoms with Crippen molar-refractivity contribution in [3.05, 3.63) is 28.0 Å². The average molecular weight is 347 g/mol. The number of ether oxygens (including phenoxy) is 1.